The summed E-state index contributed by atoms with van der Waals surface area (Å²) >= 11 is 5.19. The number of anilines is 2. The van der Waals surface area contributed by atoms with Gasteiger partial charge in [-0.05, 0) is 59.1 Å². The lowest BCUT2D eigenvalue weighted by Crippen LogP contribution is -2.28. The van der Waals surface area contributed by atoms with Crippen molar-refractivity contribution in [3.63, 3.8) is 0 Å². The number of halogens is 1. The molecule has 1 fully saturated rings. The van der Waals surface area contributed by atoms with Gasteiger partial charge in [-0.15, -0.1) is 11.8 Å². The van der Waals surface area contributed by atoms with Crippen LogP contribution >= 0.6 is 27.7 Å². The van der Waals surface area contributed by atoms with Gasteiger partial charge in [-0.25, -0.2) is 0 Å². The van der Waals surface area contributed by atoms with E-state index in [1.165, 1.54) is 6.42 Å². The minimum atomic E-state index is 0.0614. The molecule has 1 amide bonds. The third-order valence-corrected chi connectivity index (χ3v) is 4.99. The Morgan fingerprint density at radius 3 is 2.89 bits per heavy atom. The van der Waals surface area contributed by atoms with Crippen molar-refractivity contribution in [2.75, 3.05) is 16.8 Å². The van der Waals surface area contributed by atoms with Crippen molar-refractivity contribution in [1.29, 1.82) is 0 Å². The molecule has 0 aliphatic carbocycles. The number of nitrogens with two attached hydrogens (primary N) is 1. The summed E-state index contributed by atoms with van der Waals surface area (Å²) in [7, 11) is 0. The van der Waals surface area contributed by atoms with Gasteiger partial charge in [0.2, 0.25) is 5.91 Å². The number of thioether (sulfide) groups is 1. The molecule has 1 aromatic carbocycles. The summed E-state index contributed by atoms with van der Waals surface area (Å²) in [6.07, 6.45) is 3.31. The molecule has 2 rings (SSSR count). The van der Waals surface area contributed by atoms with Crippen LogP contribution in [0.3, 0.4) is 0 Å². The van der Waals surface area contributed by atoms with Gasteiger partial charge in [0.25, 0.3) is 0 Å². The van der Waals surface area contributed by atoms with Crippen LogP contribution in [0.15, 0.2) is 16.6 Å². The third kappa shape index (κ3) is 3.20. The quantitative estimate of drug-likeness (QED) is 0.816. The van der Waals surface area contributed by atoms with Crippen molar-refractivity contribution >= 4 is 45.0 Å². The van der Waals surface area contributed by atoms with Crippen LogP contribution in [0.25, 0.3) is 0 Å². The van der Waals surface area contributed by atoms with Gasteiger partial charge in [-0.2, -0.15) is 0 Å². The topological polar surface area (TPSA) is 55.1 Å². The Balaban J connectivity index is 2.11. The molecule has 5 heteroatoms. The predicted molar refractivity (Wildman–Crippen MR) is 82.0 cm³/mol. The maximum Gasteiger partial charge on any atom is 0.237 e. The Kier molecular flexibility index (Phi) is 4.56. The predicted octanol–water partition coefficient (Wildman–Crippen LogP) is 3.56. The summed E-state index contributed by atoms with van der Waals surface area (Å²) in [5.74, 6) is 1.14. The van der Waals surface area contributed by atoms with E-state index in [1.54, 1.807) is 11.8 Å². The first-order valence-electron chi connectivity index (χ1n) is 6.06. The molecule has 1 heterocycles. The minimum Gasteiger partial charge on any atom is -0.397 e. The molecule has 98 valence electrons. The standard InChI is InChI=1S/C13H17BrN2OS/c1-8-6-9(14)12(10(15)7-8)16-13(17)11-4-2-3-5-18-11/h6-7,11H,2-5,15H2,1H3,(H,16,17). The highest BCUT2D eigenvalue weighted by Crippen LogP contribution is 2.32. The summed E-state index contributed by atoms with van der Waals surface area (Å²) < 4.78 is 0.842. The van der Waals surface area contributed by atoms with E-state index in [2.05, 4.69) is 21.2 Å². The van der Waals surface area contributed by atoms with Crippen LogP contribution in [0.4, 0.5) is 11.4 Å². The zero-order valence-corrected chi connectivity index (χ0v) is 12.7. The fourth-order valence-corrected chi connectivity index (χ4v) is 3.94. The van der Waals surface area contributed by atoms with E-state index >= 15 is 0 Å². The van der Waals surface area contributed by atoms with Gasteiger partial charge in [-0.1, -0.05) is 6.42 Å². The van der Waals surface area contributed by atoms with Crippen LogP contribution in [0.2, 0.25) is 0 Å². The first-order valence-corrected chi connectivity index (χ1v) is 7.90. The van der Waals surface area contributed by atoms with Gasteiger partial charge in [-0.3, -0.25) is 4.79 Å². The molecule has 0 radical (unpaired) electrons. The summed E-state index contributed by atoms with van der Waals surface area (Å²) in [5, 5.41) is 3.01. The second-order valence-electron chi connectivity index (χ2n) is 4.56. The average Bonchev–Trinajstić information content (AvgIpc) is 2.34. The van der Waals surface area contributed by atoms with Crippen LogP contribution < -0.4 is 11.1 Å². The van der Waals surface area contributed by atoms with Gasteiger partial charge in [0.05, 0.1) is 16.6 Å². The van der Waals surface area contributed by atoms with E-state index < -0.39 is 0 Å². The second kappa shape index (κ2) is 5.97. The Bertz CT molecular complexity index is 435. The van der Waals surface area contributed by atoms with Crippen LogP contribution in [0.1, 0.15) is 24.8 Å². The number of hydrogen-bond donors (Lipinski definition) is 2. The number of carbonyl (C=O) groups excluding carboxylic acids is 1. The Morgan fingerprint density at radius 2 is 2.28 bits per heavy atom. The number of carbonyl (C=O) groups is 1. The molecule has 1 atom stereocenters. The van der Waals surface area contributed by atoms with E-state index in [-0.39, 0.29) is 11.2 Å². The van der Waals surface area contributed by atoms with Crippen LogP contribution in [0, 0.1) is 6.92 Å². The zero-order valence-electron chi connectivity index (χ0n) is 10.3. The number of hydrogen-bond acceptors (Lipinski definition) is 3. The van der Waals surface area contributed by atoms with Gasteiger partial charge < -0.3 is 11.1 Å². The SMILES string of the molecule is Cc1cc(N)c(NC(=O)C2CCCCS2)c(Br)c1. The number of benzene rings is 1. The van der Waals surface area contributed by atoms with E-state index in [9.17, 15) is 4.79 Å². The number of amides is 1. The van der Waals surface area contributed by atoms with Crippen molar-refractivity contribution in [2.45, 2.75) is 31.4 Å². The third-order valence-electron chi connectivity index (χ3n) is 2.99. The molecule has 0 bridgehead atoms. The number of nitrogens with one attached hydrogen (secondary N) is 1. The van der Waals surface area contributed by atoms with E-state index in [0.717, 1.165) is 28.6 Å². The Labute approximate surface area is 120 Å². The zero-order chi connectivity index (χ0) is 13.1. The fraction of sp³-hybridized carbons (Fsp3) is 0.462. The van der Waals surface area contributed by atoms with Gasteiger partial charge in [0.1, 0.15) is 0 Å². The molecule has 1 aliphatic rings. The molecule has 18 heavy (non-hydrogen) atoms. The lowest BCUT2D eigenvalue weighted by Gasteiger charge is -2.21. The average molecular weight is 329 g/mol. The van der Waals surface area contributed by atoms with Crippen LogP contribution in [-0.4, -0.2) is 16.9 Å². The monoisotopic (exact) mass is 328 g/mol. The molecule has 1 aliphatic heterocycles. The summed E-state index contributed by atoms with van der Waals surface area (Å²) in [6.45, 7) is 1.98. The minimum absolute atomic E-state index is 0.0614. The largest absolute Gasteiger partial charge is 0.397 e. The van der Waals surface area contributed by atoms with Crippen molar-refractivity contribution in [2.24, 2.45) is 0 Å². The van der Waals surface area contributed by atoms with E-state index in [0.29, 0.717) is 11.4 Å². The molecule has 3 nitrogen and oxygen atoms in total. The Morgan fingerprint density at radius 1 is 1.50 bits per heavy atom. The number of rotatable bonds is 2. The normalized spacial score (nSPS) is 19.6. The summed E-state index contributed by atoms with van der Waals surface area (Å²) in [4.78, 5) is 12.1. The molecule has 1 unspecified atom stereocenters. The molecule has 1 saturated heterocycles. The highest BCUT2D eigenvalue weighted by atomic mass is 79.9. The van der Waals surface area contributed by atoms with Crippen molar-refractivity contribution < 1.29 is 4.79 Å². The molecular formula is C13H17BrN2OS. The lowest BCUT2D eigenvalue weighted by molar-refractivity contribution is -0.115. The molecular weight excluding hydrogens is 312 g/mol. The van der Waals surface area contributed by atoms with Gasteiger partial charge >= 0.3 is 0 Å². The van der Waals surface area contributed by atoms with Crippen LogP contribution in [-0.2, 0) is 4.79 Å². The number of aryl methyl sites for hydroxylation is 1. The maximum absolute atomic E-state index is 12.1. The first kappa shape index (κ1) is 13.7. The highest BCUT2D eigenvalue weighted by Gasteiger charge is 2.22. The molecule has 3 N–H and O–H groups in total. The van der Waals surface area contributed by atoms with Crippen molar-refractivity contribution in [1.82, 2.24) is 0 Å². The molecule has 0 aromatic heterocycles. The molecule has 0 spiro atoms. The van der Waals surface area contributed by atoms with Crippen molar-refractivity contribution in [3.05, 3.63) is 22.2 Å². The highest BCUT2D eigenvalue weighted by molar-refractivity contribution is 9.10. The van der Waals surface area contributed by atoms with E-state index in [4.69, 9.17) is 5.73 Å². The Hall–Kier alpha value is -0.680. The summed E-state index contributed by atoms with van der Waals surface area (Å²) in [5.41, 5.74) is 8.32. The van der Waals surface area contributed by atoms with Crippen molar-refractivity contribution in [3.8, 4) is 0 Å². The fourth-order valence-electron chi connectivity index (χ4n) is 2.05. The molecule has 0 saturated carbocycles. The first-order chi connectivity index (χ1) is 8.58. The molecule has 1 aromatic rings. The number of nitrogen functional groups attached to an aromatic ring is 1. The van der Waals surface area contributed by atoms with Crippen LogP contribution in [0.5, 0.6) is 0 Å². The van der Waals surface area contributed by atoms with Gasteiger partial charge in [0, 0.05) is 4.47 Å². The van der Waals surface area contributed by atoms with E-state index in [1.807, 2.05) is 19.1 Å². The maximum atomic E-state index is 12.1. The summed E-state index contributed by atoms with van der Waals surface area (Å²) in [6, 6.07) is 3.83. The van der Waals surface area contributed by atoms with Gasteiger partial charge in [0.15, 0.2) is 0 Å². The lowest BCUT2D eigenvalue weighted by atomic mass is 10.1. The second-order valence-corrected chi connectivity index (χ2v) is 6.72. The smallest absolute Gasteiger partial charge is 0.237 e.